The van der Waals surface area contributed by atoms with Crippen LogP contribution in [0.15, 0.2) is 0 Å². The molecule has 1 aliphatic heterocycles. The third kappa shape index (κ3) is 3.47. The number of carbonyl (C=O) groups excluding carboxylic acids is 1. The van der Waals surface area contributed by atoms with Crippen molar-refractivity contribution in [3.05, 3.63) is 0 Å². The van der Waals surface area contributed by atoms with Gasteiger partial charge in [-0.3, -0.25) is 4.79 Å². The molecule has 0 bridgehead atoms. The minimum atomic E-state index is -0.249. The van der Waals surface area contributed by atoms with Gasteiger partial charge in [0.25, 0.3) is 0 Å². The predicted molar refractivity (Wildman–Crippen MR) is 59.2 cm³/mol. The molecule has 0 aromatic heterocycles. The molecular formula is C11H22N2O2. The molecule has 0 radical (unpaired) electrons. The fraction of sp³-hybridized carbons (Fsp3) is 0.909. The molecule has 1 rings (SSSR count). The van der Waals surface area contributed by atoms with Gasteiger partial charge in [-0.2, -0.15) is 0 Å². The summed E-state index contributed by atoms with van der Waals surface area (Å²) in [5.74, 6) is 0.613. The van der Waals surface area contributed by atoms with E-state index in [1.54, 1.807) is 0 Å². The molecule has 0 aromatic rings. The maximum absolute atomic E-state index is 11.8. The van der Waals surface area contributed by atoms with Gasteiger partial charge in [-0.15, -0.1) is 0 Å². The average molecular weight is 214 g/mol. The van der Waals surface area contributed by atoms with E-state index in [9.17, 15) is 9.90 Å². The van der Waals surface area contributed by atoms with Gasteiger partial charge < -0.3 is 15.7 Å². The number of aliphatic hydroxyl groups excluding tert-OH is 1. The van der Waals surface area contributed by atoms with Crippen molar-refractivity contribution in [1.82, 2.24) is 4.90 Å². The Balaban J connectivity index is 2.40. The van der Waals surface area contributed by atoms with Crippen LogP contribution in [0, 0.1) is 11.8 Å². The summed E-state index contributed by atoms with van der Waals surface area (Å²) in [5.41, 5.74) is 5.49. The molecule has 1 aliphatic rings. The number of amides is 1. The Hall–Kier alpha value is -0.610. The predicted octanol–water partition coefficient (Wildman–Crippen LogP) is 0.201. The average Bonchev–Trinajstić information content (AvgIpc) is 2.21. The first-order valence-electron chi connectivity index (χ1n) is 5.70. The number of hydrogen-bond acceptors (Lipinski definition) is 3. The van der Waals surface area contributed by atoms with Crippen molar-refractivity contribution in [3.63, 3.8) is 0 Å². The minimum absolute atomic E-state index is 0.173. The van der Waals surface area contributed by atoms with Crippen molar-refractivity contribution >= 4 is 5.91 Å². The van der Waals surface area contributed by atoms with E-state index < -0.39 is 0 Å². The van der Waals surface area contributed by atoms with Crippen molar-refractivity contribution in [3.8, 4) is 0 Å². The zero-order chi connectivity index (χ0) is 11.4. The van der Waals surface area contributed by atoms with E-state index in [2.05, 4.69) is 0 Å². The zero-order valence-electron chi connectivity index (χ0n) is 9.65. The lowest BCUT2D eigenvalue weighted by Gasteiger charge is -2.34. The van der Waals surface area contributed by atoms with Gasteiger partial charge in [0.2, 0.25) is 5.91 Å². The Morgan fingerprint density at radius 3 is 2.87 bits per heavy atom. The van der Waals surface area contributed by atoms with Crippen molar-refractivity contribution in [2.75, 3.05) is 19.6 Å². The van der Waals surface area contributed by atoms with Crippen LogP contribution in [0.1, 0.15) is 26.7 Å². The van der Waals surface area contributed by atoms with Gasteiger partial charge >= 0.3 is 0 Å². The van der Waals surface area contributed by atoms with Crippen molar-refractivity contribution in [2.45, 2.75) is 32.8 Å². The number of nitrogens with two attached hydrogens (primary N) is 1. The smallest absolute Gasteiger partial charge is 0.222 e. The van der Waals surface area contributed by atoms with Crippen LogP contribution in [0.5, 0.6) is 0 Å². The Kier molecular flexibility index (Phi) is 4.54. The Bertz CT molecular complexity index is 221. The van der Waals surface area contributed by atoms with Gasteiger partial charge in [0, 0.05) is 19.5 Å². The van der Waals surface area contributed by atoms with Crippen molar-refractivity contribution in [2.24, 2.45) is 17.6 Å². The SMILES string of the molecule is CC(CN)CC(=O)N1CCC(O)C(C)C1. The molecule has 1 saturated heterocycles. The molecule has 3 atom stereocenters. The van der Waals surface area contributed by atoms with Gasteiger partial charge in [-0.05, 0) is 24.8 Å². The number of nitrogens with zero attached hydrogens (tertiary/aromatic N) is 1. The van der Waals surface area contributed by atoms with Gasteiger partial charge in [0.1, 0.15) is 0 Å². The fourth-order valence-corrected chi connectivity index (χ4v) is 1.87. The second-order valence-electron chi connectivity index (χ2n) is 4.72. The molecule has 88 valence electrons. The first-order chi connectivity index (χ1) is 7.04. The second kappa shape index (κ2) is 5.47. The molecule has 0 spiro atoms. The van der Waals surface area contributed by atoms with Crippen molar-refractivity contribution < 1.29 is 9.90 Å². The first-order valence-corrected chi connectivity index (χ1v) is 5.70. The minimum Gasteiger partial charge on any atom is -0.393 e. The lowest BCUT2D eigenvalue weighted by molar-refractivity contribution is -0.135. The lowest BCUT2D eigenvalue weighted by atomic mass is 9.96. The van der Waals surface area contributed by atoms with E-state index in [0.29, 0.717) is 32.5 Å². The van der Waals surface area contributed by atoms with Gasteiger partial charge in [0.05, 0.1) is 6.10 Å². The molecule has 0 aromatic carbocycles. The standard InChI is InChI=1S/C11H22N2O2/c1-8(6-12)5-11(15)13-4-3-10(14)9(2)7-13/h8-10,14H,3-7,12H2,1-2H3. The highest BCUT2D eigenvalue weighted by Gasteiger charge is 2.27. The molecule has 3 unspecified atom stereocenters. The quantitative estimate of drug-likeness (QED) is 0.705. The topological polar surface area (TPSA) is 66.6 Å². The second-order valence-corrected chi connectivity index (χ2v) is 4.72. The third-order valence-corrected chi connectivity index (χ3v) is 3.14. The number of rotatable bonds is 3. The highest BCUT2D eigenvalue weighted by atomic mass is 16.3. The van der Waals surface area contributed by atoms with Crippen LogP contribution >= 0.6 is 0 Å². The van der Waals surface area contributed by atoms with E-state index in [-0.39, 0.29) is 23.8 Å². The maximum atomic E-state index is 11.8. The molecule has 1 amide bonds. The summed E-state index contributed by atoms with van der Waals surface area (Å²) in [6.07, 6.45) is 0.976. The van der Waals surface area contributed by atoms with Crippen LogP contribution < -0.4 is 5.73 Å². The highest BCUT2D eigenvalue weighted by Crippen LogP contribution is 2.18. The van der Waals surface area contributed by atoms with E-state index >= 15 is 0 Å². The number of carbonyl (C=O) groups is 1. The molecule has 4 nitrogen and oxygen atoms in total. The van der Waals surface area contributed by atoms with Crippen LogP contribution in [0.3, 0.4) is 0 Å². The summed E-state index contributed by atoms with van der Waals surface area (Å²) in [6.45, 7) is 5.88. The summed E-state index contributed by atoms with van der Waals surface area (Å²) < 4.78 is 0. The summed E-state index contributed by atoms with van der Waals surface area (Å²) in [4.78, 5) is 13.7. The Labute approximate surface area is 91.4 Å². The van der Waals surface area contributed by atoms with Crippen LogP contribution in [-0.2, 0) is 4.79 Å². The van der Waals surface area contributed by atoms with Gasteiger partial charge in [-0.25, -0.2) is 0 Å². The van der Waals surface area contributed by atoms with Crippen LogP contribution in [0.2, 0.25) is 0 Å². The summed E-state index contributed by atoms with van der Waals surface area (Å²) in [7, 11) is 0. The number of likely N-dealkylation sites (tertiary alicyclic amines) is 1. The number of aliphatic hydroxyl groups is 1. The Morgan fingerprint density at radius 1 is 1.67 bits per heavy atom. The van der Waals surface area contributed by atoms with Crippen LogP contribution in [-0.4, -0.2) is 41.7 Å². The Morgan fingerprint density at radius 2 is 2.33 bits per heavy atom. The summed E-state index contributed by atoms with van der Waals surface area (Å²) in [6, 6.07) is 0. The molecule has 1 fully saturated rings. The summed E-state index contributed by atoms with van der Waals surface area (Å²) >= 11 is 0. The largest absolute Gasteiger partial charge is 0.393 e. The molecule has 0 aliphatic carbocycles. The van der Waals surface area contributed by atoms with Crippen LogP contribution in [0.4, 0.5) is 0 Å². The monoisotopic (exact) mass is 214 g/mol. The van der Waals surface area contributed by atoms with E-state index in [1.165, 1.54) is 0 Å². The summed E-state index contributed by atoms with van der Waals surface area (Å²) in [5, 5.41) is 9.55. The van der Waals surface area contributed by atoms with E-state index in [1.807, 2.05) is 18.7 Å². The molecule has 1 heterocycles. The molecule has 3 N–H and O–H groups in total. The van der Waals surface area contributed by atoms with Crippen LogP contribution in [0.25, 0.3) is 0 Å². The zero-order valence-corrected chi connectivity index (χ0v) is 9.65. The molecule has 15 heavy (non-hydrogen) atoms. The van der Waals surface area contributed by atoms with Crippen molar-refractivity contribution in [1.29, 1.82) is 0 Å². The van der Waals surface area contributed by atoms with Gasteiger partial charge in [0.15, 0.2) is 0 Å². The third-order valence-electron chi connectivity index (χ3n) is 3.14. The molecule has 0 saturated carbocycles. The lowest BCUT2D eigenvalue weighted by Crippen LogP contribution is -2.45. The highest BCUT2D eigenvalue weighted by molar-refractivity contribution is 5.76. The van der Waals surface area contributed by atoms with Gasteiger partial charge in [-0.1, -0.05) is 13.8 Å². The normalized spacial score (nSPS) is 28.9. The first kappa shape index (κ1) is 12.5. The fourth-order valence-electron chi connectivity index (χ4n) is 1.87. The number of hydrogen-bond donors (Lipinski definition) is 2. The molecular weight excluding hydrogens is 192 g/mol. The molecule has 4 heteroatoms. The number of piperidine rings is 1. The van der Waals surface area contributed by atoms with E-state index in [0.717, 1.165) is 0 Å². The van der Waals surface area contributed by atoms with E-state index in [4.69, 9.17) is 5.73 Å². The maximum Gasteiger partial charge on any atom is 0.222 e.